The van der Waals surface area contributed by atoms with Crippen LogP contribution >= 0.6 is 27.5 Å². The number of hydrogen-bond donors (Lipinski definition) is 1. The Bertz CT molecular complexity index is 358. The lowest BCUT2D eigenvalue weighted by molar-refractivity contribution is -0.386. The number of aliphatic hydroxyl groups excluding tert-OH is 1. The lowest BCUT2D eigenvalue weighted by Crippen LogP contribution is -2.03. The highest BCUT2D eigenvalue weighted by Gasteiger charge is 2.19. The van der Waals surface area contributed by atoms with Gasteiger partial charge in [0.2, 0.25) is 0 Å². The van der Waals surface area contributed by atoms with Crippen molar-refractivity contribution < 1.29 is 10.0 Å². The molecule has 1 aromatic rings. The van der Waals surface area contributed by atoms with Crippen molar-refractivity contribution in [3.8, 4) is 0 Å². The number of nitrogens with zero attached hydrogens (tertiary/aromatic N) is 1. The molecule has 1 atom stereocenters. The van der Waals surface area contributed by atoms with E-state index in [1.54, 1.807) is 0 Å². The number of nitro benzene ring substituents is 1. The summed E-state index contributed by atoms with van der Waals surface area (Å²) in [4.78, 5) is 10.0. The molecule has 0 aliphatic heterocycles. The molecule has 76 valence electrons. The number of alkyl halides is 1. The summed E-state index contributed by atoms with van der Waals surface area (Å²) < 4.78 is 0. The van der Waals surface area contributed by atoms with Gasteiger partial charge in [0, 0.05) is 16.4 Å². The first-order valence-electron chi connectivity index (χ1n) is 3.74. The minimum Gasteiger partial charge on any atom is -0.387 e. The Balaban J connectivity index is 3.22. The highest BCUT2D eigenvalue weighted by molar-refractivity contribution is 9.09. The SMILES string of the molecule is O=[N+]([O-])c1ccc(Cl)cc1C(O)CBr. The quantitative estimate of drug-likeness (QED) is 0.526. The molecule has 0 fully saturated rings. The van der Waals surface area contributed by atoms with Crippen LogP contribution in [0.4, 0.5) is 5.69 Å². The number of halogens is 2. The lowest BCUT2D eigenvalue weighted by Gasteiger charge is -2.07. The Kier molecular flexibility index (Phi) is 3.86. The third-order valence-corrected chi connectivity index (χ3v) is 2.54. The van der Waals surface area contributed by atoms with E-state index < -0.39 is 11.0 Å². The van der Waals surface area contributed by atoms with E-state index in [0.717, 1.165) is 0 Å². The molecule has 0 radical (unpaired) electrons. The van der Waals surface area contributed by atoms with E-state index in [-0.39, 0.29) is 16.6 Å². The van der Waals surface area contributed by atoms with Crippen LogP contribution in [0.2, 0.25) is 5.02 Å². The summed E-state index contributed by atoms with van der Waals surface area (Å²) in [5.74, 6) is 0. The molecule has 0 saturated heterocycles. The maximum atomic E-state index is 10.6. The predicted octanol–water partition coefficient (Wildman–Crippen LogP) is 2.68. The molecule has 0 spiro atoms. The first kappa shape index (κ1) is 11.4. The minimum absolute atomic E-state index is 0.124. The van der Waals surface area contributed by atoms with E-state index in [1.807, 2.05) is 0 Å². The van der Waals surface area contributed by atoms with Crippen LogP contribution in [0.5, 0.6) is 0 Å². The van der Waals surface area contributed by atoms with Gasteiger partial charge in [0.25, 0.3) is 5.69 Å². The van der Waals surface area contributed by atoms with E-state index in [9.17, 15) is 15.2 Å². The van der Waals surface area contributed by atoms with E-state index in [0.29, 0.717) is 5.02 Å². The summed E-state index contributed by atoms with van der Waals surface area (Å²) in [7, 11) is 0. The van der Waals surface area contributed by atoms with Gasteiger partial charge < -0.3 is 5.11 Å². The van der Waals surface area contributed by atoms with Crippen LogP contribution in [0, 0.1) is 10.1 Å². The van der Waals surface area contributed by atoms with Gasteiger partial charge in [0.15, 0.2) is 0 Å². The summed E-state index contributed by atoms with van der Waals surface area (Å²) in [5, 5.41) is 20.7. The van der Waals surface area contributed by atoms with Crippen LogP contribution in [0.25, 0.3) is 0 Å². The number of rotatable bonds is 3. The second-order valence-electron chi connectivity index (χ2n) is 2.63. The van der Waals surface area contributed by atoms with Gasteiger partial charge in [-0.2, -0.15) is 0 Å². The average Bonchev–Trinajstić information content (AvgIpc) is 2.16. The average molecular weight is 281 g/mol. The largest absolute Gasteiger partial charge is 0.387 e. The maximum absolute atomic E-state index is 10.6. The van der Waals surface area contributed by atoms with Crippen molar-refractivity contribution in [3.05, 3.63) is 38.9 Å². The van der Waals surface area contributed by atoms with Crippen molar-refractivity contribution in [1.29, 1.82) is 0 Å². The molecule has 1 rings (SSSR count). The molecule has 0 amide bonds. The Morgan fingerprint density at radius 1 is 1.64 bits per heavy atom. The predicted molar refractivity (Wildman–Crippen MR) is 56.9 cm³/mol. The topological polar surface area (TPSA) is 63.4 Å². The van der Waals surface area contributed by atoms with Crippen LogP contribution in [0.3, 0.4) is 0 Å². The summed E-state index contributed by atoms with van der Waals surface area (Å²) in [6, 6.07) is 4.10. The zero-order valence-corrected chi connectivity index (χ0v) is 9.33. The summed E-state index contributed by atoms with van der Waals surface area (Å²) in [6.45, 7) is 0. The molecule has 6 heteroatoms. The van der Waals surface area contributed by atoms with Gasteiger partial charge >= 0.3 is 0 Å². The monoisotopic (exact) mass is 279 g/mol. The molecule has 0 aromatic heterocycles. The standard InChI is InChI=1S/C8H7BrClNO3/c9-4-8(12)6-3-5(10)1-2-7(6)11(13)14/h1-3,8,12H,4H2. The summed E-state index contributed by atoms with van der Waals surface area (Å²) >= 11 is 8.72. The van der Waals surface area contributed by atoms with E-state index >= 15 is 0 Å². The molecular formula is C8H7BrClNO3. The van der Waals surface area contributed by atoms with Gasteiger partial charge in [-0.05, 0) is 12.1 Å². The summed E-state index contributed by atoms with van der Waals surface area (Å²) in [5.41, 5.74) is 0.0979. The van der Waals surface area contributed by atoms with Crippen molar-refractivity contribution in [3.63, 3.8) is 0 Å². The highest BCUT2D eigenvalue weighted by atomic mass is 79.9. The van der Waals surface area contributed by atoms with Crippen LogP contribution < -0.4 is 0 Å². The molecule has 1 N–H and O–H groups in total. The maximum Gasteiger partial charge on any atom is 0.275 e. The van der Waals surface area contributed by atoms with Crippen LogP contribution in [-0.4, -0.2) is 15.4 Å². The van der Waals surface area contributed by atoms with E-state index in [4.69, 9.17) is 11.6 Å². The van der Waals surface area contributed by atoms with E-state index in [1.165, 1.54) is 18.2 Å². The molecule has 0 heterocycles. The fraction of sp³-hybridized carbons (Fsp3) is 0.250. The Morgan fingerprint density at radius 2 is 2.29 bits per heavy atom. The summed E-state index contributed by atoms with van der Waals surface area (Å²) in [6.07, 6.45) is -0.922. The van der Waals surface area contributed by atoms with Crippen LogP contribution in [-0.2, 0) is 0 Å². The van der Waals surface area contributed by atoms with Crippen molar-refractivity contribution in [2.75, 3.05) is 5.33 Å². The normalized spacial score (nSPS) is 12.5. The molecule has 1 unspecified atom stereocenters. The molecule has 0 saturated carbocycles. The second kappa shape index (κ2) is 4.72. The smallest absolute Gasteiger partial charge is 0.275 e. The van der Waals surface area contributed by atoms with Gasteiger partial charge in [-0.25, -0.2) is 0 Å². The van der Waals surface area contributed by atoms with Gasteiger partial charge in [-0.15, -0.1) is 0 Å². The Labute approximate surface area is 93.8 Å². The first-order valence-corrected chi connectivity index (χ1v) is 5.24. The van der Waals surface area contributed by atoms with Gasteiger partial charge in [-0.3, -0.25) is 10.1 Å². The third kappa shape index (κ3) is 2.43. The molecule has 14 heavy (non-hydrogen) atoms. The lowest BCUT2D eigenvalue weighted by atomic mass is 10.1. The zero-order chi connectivity index (χ0) is 10.7. The molecule has 0 aliphatic carbocycles. The fourth-order valence-corrected chi connectivity index (χ4v) is 1.57. The zero-order valence-electron chi connectivity index (χ0n) is 6.98. The number of hydrogen-bond acceptors (Lipinski definition) is 3. The Morgan fingerprint density at radius 3 is 2.79 bits per heavy atom. The van der Waals surface area contributed by atoms with E-state index in [2.05, 4.69) is 15.9 Å². The van der Waals surface area contributed by atoms with Crippen LogP contribution in [0.1, 0.15) is 11.7 Å². The minimum atomic E-state index is -0.922. The van der Waals surface area contributed by atoms with Crippen LogP contribution in [0.15, 0.2) is 18.2 Å². The number of benzene rings is 1. The number of aliphatic hydroxyl groups is 1. The van der Waals surface area contributed by atoms with Crippen molar-refractivity contribution in [1.82, 2.24) is 0 Å². The van der Waals surface area contributed by atoms with Crippen molar-refractivity contribution in [2.24, 2.45) is 0 Å². The van der Waals surface area contributed by atoms with Gasteiger partial charge in [0.1, 0.15) is 0 Å². The third-order valence-electron chi connectivity index (χ3n) is 1.69. The molecule has 0 bridgehead atoms. The van der Waals surface area contributed by atoms with Gasteiger partial charge in [-0.1, -0.05) is 27.5 Å². The highest BCUT2D eigenvalue weighted by Crippen LogP contribution is 2.28. The fourth-order valence-electron chi connectivity index (χ4n) is 1.04. The second-order valence-corrected chi connectivity index (χ2v) is 3.71. The van der Waals surface area contributed by atoms with Gasteiger partial charge in [0.05, 0.1) is 16.6 Å². The molecule has 0 aliphatic rings. The van der Waals surface area contributed by atoms with Crippen molar-refractivity contribution >= 4 is 33.2 Å². The first-order chi connectivity index (χ1) is 6.56. The van der Waals surface area contributed by atoms with Crippen molar-refractivity contribution in [2.45, 2.75) is 6.10 Å². The molecular weight excluding hydrogens is 273 g/mol. The molecule has 4 nitrogen and oxygen atoms in total. The number of nitro groups is 1. The Hall–Kier alpha value is -0.650. The molecule has 1 aromatic carbocycles.